The third kappa shape index (κ3) is 5.73. The summed E-state index contributed by atoms with van der Waals surface area (Å²) in [7, 11) is 3.18. The van der Waals surface area contributed by atoms with Crippen LogP contribution in [0.2, 0.25) is 0 Å². The molecule has 1 aromatic heterocycles. The van der Waals surface area contributed by atoms with Crippen LogP contribution >= 0.6 is 11.8 Å². The lowest BCUT2D eigenvalue weighted by molar-refractivity contribution is -0.119. The number of nitrogens with zero attached hydrogens (tertiary/aromatic N) is 3. The number of rotatable bonds is 10. The van der Waals surface area contributed by atoms with Crippen LogP contribution in [-0.4, -0.2) is 40.6 Å². The van der Waals surface area contributed by atoms with Crippen molar-refractivity contribution in [2.45, 2.75) is 5.16 Å². The lowest BCUT2D eigenvalue weighted by Crippen LogP contribution is -2.37. The van der Waals surface area contributed by atoms with Crippen molar-refractivity contribution in [1.82, 2.24) is 25.6 Å². The van der Waals surface area contributed by atoms with Crippen LogP contribution in [0.5, 0.6) is 11.5 Å². The molecule has 0 spiro atoms. The molecule has 1 amide bonds. The van der Waals surface area contributed by atoms with E-state index in [1.165, 1.54) is 11.8 Å². The standard InChI is InChI=1S/C30H27N5O3S/c1-20(22-14-13-21-9-7-8-10-23(21)17-22)31-32-28(36)19-39-30-34-33-29(35(30)25-11-5-4-6-12-25)24-15-16-26(37-2)27(18-24)38-3/h4-18,31H,1,19H2,2-3H3,(H,32,36). The van der Waals surface area contributed by atoms with Crippen LogP contribution < -0.4 is 20.3 Å². The van der Waals surface area contributed by atoms with E-state index in [2.05, 4.69) is 33.7 Å². The average Bonchev–Trinajstić information content (AvgIpc) is 3.42. The fourth-order valence-electron chi connectivity index (χ4n) is 4.10. The first kappa shape index (κ1) is 25.9. The number of fused-ring (bicyclic) bond motifs is 1. The Morgan fingerprint density at radius 3 is 2.36 bits per heavy atom. The van der Waals surface area contributed by atoms with Crippen molar-refractivity contribution < 1.29 is 14.3 Å². The molecule has 4 aromatic carbocycles. The highest BCUT2D eigenvalue weighted by Gasteiger charge is 2.19. The Morgan fingerprint density at radius 2 is 1.59 bits per heavy atom. The van der Waals surface area contributed by atoms with Gasteiger partial charge in [-0.1, -0.05) is 72.9 Å². The number of thioether (sulfide) groups is 1. The van der Waals surface area contributed by atoms with E-state index in [1.54, 1.807) is 14.2 Å². The minimum absolute atomic E-state index is 0.120. The number of carbonyl (C=O) groups excluding carboxylic acids is 1. The zero-order valence-electron chi connectivity index (χ0n) is 21.5. The van der Waals surface area contributed by atoms with Crippen LogP contribution in [0.25, 0.3) is 33.5 Å². The Balaban J connectivity index is 1.30. The number of carbonyl (C=O) groups is 1. The van der Waals surface area contributed by atoms with Gasteiger partial charge < -0.3 is 9.47 Å². The van der Waals surface area contributed by atoms with E-state index in [1.807, 2.05) is 89.5 Å². The molecule has 0 atom stereocenters. The summed E-state index contributed by atoms with van der Waals surface area (Å²) >= 11 is 1.28. The molecule has 0 bridgehead atoms. The summed E-state index contributed by atoms with van der Waals surface area (Å²) in [5, 5.41) is 11.7. The molecule has 5 rings (SSSR count). The lowest BCUT2D eigenvalue weighted by atomic mass is 10.1. The summed E-state index contributed by atoms with van der Waals surface area (Å²) in [4.78, 5) is 12.7. The predicted octanol–water partition coefficient (Wildman–Crippen LogP) is 5.49. The van der Waals surface area contributed by atoms with E-state index >= 15 is 0 Å². The molecule has 0 aliphatic heterocycles. The molecular formula is C30H27N5O3S. The van der Waals surface area contributed by atoms with Gasteiger partial charge in [0.05, 0.1) is 25.7 Å². The highest BCUT2D eigenvalue weighted by atomic mass is 32.2. The van der Waals surface area contributed by atoms with Crippen LogP contribution in [0, 0.1) is 0 Å². The van der Waals surface area contributed by atoms with Gasteiger partial charge >= 0.3 is 0 Å². The molecule has 2 N–H and O–H groups in total. The SMILES string of the molecule is C=C(NNC(=O)CSc1nnc(-c2ccc(OC)c(OC)c2)n1-c1ccccc1)c1ccc2ccccc2c1. The Morgan fingerprint density at radius 1 is 0.846 bits per heavy atom. The number of ether oxygens (including phenoxy) is 2. The van der Waals surface area contributed by atoms with Crippen molar-refractivity contribution in [2.75, 3.05) is 20.0 Å². The first-order valence-corrected chi connectivity index (χ1v) is 13.1. The van der Waals surface area contributed by atoms with E-state index in [0.29, 0.717) is 28.2 Å². The normalized spacial score (nSPS) is 10.7. The van der Waals surface area contributed by atoms with E-state index < -0.39 is 0 Å². The Labute approximate surface area is 230 Å². The maximum Gasteiger partial charge on any atom is 0.248 e. The second kappa shape index (κ2) is 11.7. The highest BCUT2D eigenvalue weighted by Crippen LogP contribution is 2.34. The third-order valence-electron chi connectivity index (χ3n) is 6.07. The Kier molecular flexibility index (Phi) is 7.79. The fourth-order valence-corrected chi connectivity index (χ4v) is 4.85. The largest absolute Gasteiger partial charge is 0.493 e. The highest BCUT2D eigenvalue weighted by molar-refractivity contribution is 7.99. The summed E-state index contributed by atoms with van der Waals surface area (Å²) in [5.74, 6) is 1.72. The number of para-hydroxylation sites is 1. The first-order chi connectivity index (χ1) is 19.1. The Hall–Kier alpha value is -4.76. The van der Waals surface area contributed by atoms with Gasteiger partial charge in [0, 0.05) is 11.3 Å². The van der Waals surface area contributed by atoms with E-state index in [4.69, 9.17) is 9.47 Å². The van der Waals surface area contributed by atoms with Crippen molar-refractivity contribution in [3.63, 3.8) is 0 Å². The van der Waals surface area contributed by atoms with Crippen molar-refractivity contribution >= 4 is 34.1 Å². The van der Waals surface area contributed by atoms with Gasteiger partial charge in [0.1, 0.15) is 0 Å². The zero-order valence-corrected chi connectivity index (χ0v) is 22.4. The summed E-state index contributed by atoms with van der Waals surface area (Å²) < 4.78 is 12.8. The maximum absolute atomic E-state index is 12.7. The molecule has 196 valence electrons. The van der Waals surface area contributed by atoms with Gasteiger partial charge in [-0.3, -0.25) is 20.2 Å². The number of aromatic nitrogens is 3. The van der Waals surface area contributed by atoms with Gasteiger partial charge in [-0.2, -0.15) is 0 Å². The van der Waals surface area contributed by atoms with Gasteiger partial charge in [0.25, 0.3) is 0 Å². The van der Waals surface area contributed by atoms with Gasteiger partial charge in [-0.15, -0.1) is 10.2 Å². The zero-order chi connectivity index (χ0) is 27.2. The van der Waals surface area contributed by atoms with Crippen molar-refractivity contribution in [2.24, 2.45) is 0 Å². The molecule has 5 aromatic rings. The molecule has 9 heteroatoms. The molecule has 0 fully saturated rings. The third-order valence-corrected chi connectivity index (χ3v) is 7.00. The molecule has 39 heavy (non-hydrogen) atoms. The van der Waals surface area contributed by atoms with Crippen molar-refractivity contribution in [3.05, 3.63) is 103 Å². The van der Waals surface area contributed by atoms with E-state index in [9.17, 15) is 4.79 Å². The maximum atomic E-state index is 12.7. The second-order valence-corrected chi connectivity index (χ2v) is 9.49. The molecule has 0 aliphatic rings. The number of hydrogen-bond donors (Lipinski definition) is 2. The molecular weight excluding hydrogens is 510 g/mol. The first-order valence-electron chi connectivity index (χ1n) is 12.2. The number of benzene rings is 4. The minimum Gasteiger partial charge on any atom is -0.493 e. The molecule has 8 nitrogen and oxygen atoms in total. The Bertz CT molecular complexity index is 1630. The number of hydrazine groups is 1. The monoisotopic (exact) mass is 537 g/mol. The number of amides is 1. The summed E-state index contributed by atoms with van der Waals surface area (Å²) in [6.45, 7) is 4.06. The fraction of sp³-hybridized carbons (Fsp3) is 0.100. The van der Waals surface area contributed by atoms with Gasteiger partial charge in [-0.05, 0) is 52.7 Å². The summed E-state index contributed by atoms with van der Waals surface area (Å²) in [5.41, 5.74) is 8.82. The van der Waals surface area contributed by atoms with Gasteiger partial charge in [0.15, 0.2) is 22.5 Å². The number of hydrogen-bond acceptors (Lipinski definition) is 7. The van der Waals surface area contributed by atoms with Crippen LogP contribution in [0.1, 0.15) is 5.56 Å². The molecule has 0 unspecified atom stereocenters. The molecule has 0 radical (unpaired) electrons. The van der Waals surface area contributed by atoms with Crippen LogP contribution in [0.15, 0.2) is 103 Å². The summed E-state index contributed by atoms with van der Waals surface area (Å²) in [6, 6.07) is 29.5. The predicted molar refractivity (Wildman–Crippen MR) is 155 cm³/mol. The summed E-state index contributed by atoms with van der Waals surface area (Å²) in [6.07, 6.45) is 0. The average molecular weight is 538 g/mol. The smallest absolute Gasteiger partial charge is 0.248 e. The molecule has 0 saturated carbocycles. The lowest BCUT2D eigenvalue weighted by Gasteiger charge is -2.13. The van der Waals surface area contributed by atoms with E-state index in [0.717, 1.165) is 27.6 Å². The molecule has 0 aliphatic carbocycles. The topological polar surface area (TPSA) is 90.3 Å². The number of methoxy groups -OCH3 is 2. The van der Waals surface area contributed by atoms with Gasteiger partial charge in [-0.25, -0.2) is 0 Å². The van der Waals surface area contributed by atoms with Crippen LogP contribution in [0.4, 0.5) is 0 Å². The van der Waals surface area contributed by atoms with Crippen molar-refractivity contribution in [3.8, 4) is 28.6 Å². The van der Waals surface area contributed by atoms with Gasteiger partial charge in [0.2, 0.25) is 5.91 Å². The number of nitrogens with one attached hydrogen (secondary N) is 2. The molecule has 0 saturated heterocycles. The minimum atomic E-state index is -0.225. The van der Waals surface area contributed by atoms with E-state index in [-0.39, 0.29) is 11.7 Å². The van der Waals surface area contributed by atoms with Crippen molar-refractivity contribution in [1.29, 1.82) is 0 Å². The quantitative estimate of drug-likeness (QED) is 0.180. The van der Waals surface area contributed by atoms with Crippen LogP contribution in [-0.2, 0) is 4.79 Å². The second-order valence-electron chi connectivity index (χ2n) is 8.55. The molecule has 1 heterocycles. The van der Waals surface area contributed by atoms with Crippen LogP contribution in [0.3, 0.4) is 0 Å².